The van der Waals surface area contributed by atoms with Crippen LogP contribution in [0, 0.1) is 6.92 Å². The van der Waals surface area contributed by atoms with Gasteiger partial charge in [-0.1, -0.05) is 97.1 Å². The lowest BCUT2D eigenvalue weighted by Crippen LogP contribution is -2.33. The molecule has 5 heteroatoms. The summed E-state index contributed by atoms with van der Waals surface area (Å²) < 4.78 is 20.6. The zero-order valence-electron chi connectivity index (χ0n) is 20.5. The van der Waals surface area contributed by atoms with Crippen LogP contribution in [0.2, 0.25) is 0 Å². The van der Waals surface area contributed by atoms with Gasteiger partial charge < -0.3 is 4.74 Å². The molecule has 0 saturated carbocycles. The molecular formula is C31H30NO3P. The first-order chi connectivity index (χ1) is 17.5. The lowest BCUT2D eigenvalue weighted by molar-refractivity contribution is -0.140. The molecule has 0 saturated heterocycles. The molecular weight excluding hydrogens is 465 g/mol. The summed E-state index contributed by atoms with van der Waals surface area (Å²) in [7, 11) is -3.35. The summed E-state index contributed by atoms with van der Waals surface area (Å²) in [4.78, 5) is 13.4. The van der Waals surface area contributed by atoms with Gasteiger partial charge in [-0.2, -0.15) is 0 Å². The smallest absolute Gasteiger partial charge is 0.335 e. The predicted molar refractivity (Wildman–Crippen MR) is 147 cm³/mol. The van der Waals surface area contributed by atoms with Crippen LogP contribution in [0.3, 0.4) is 0 Å². The largest absolute Gasteiger partial charge is 0.457 e. The van der Waals surface area contributed by atoms with Crippen molar-refractivity contribution in [2.24, 2.45) is 0 Å². The summed E-state index contributed by atoms with van der Waals surface area (Å²) in [6.45, 7) is 3.96. The van der Waals surface area contributed by atoms with E-state index in [0.29, 0.717) is 16.2 Å². The van der Waals surface area contributed by atoms with Gasteiger partial charge in [0.25, 0.3) is 0 Å². The molecule has 1 unspecified atom stereocenters. The van der Waals surface area contributed by atoms with E-state index < -0.39 is 19.3 Å². The number of esters is 1. The Kier molecular flexibility index (Phi) is 8.32. The molecule has 0 aromatic heterocycles. The third-order valence-corrected chi connectivity index (χ3v) is 8.79. The van der Waals surface area contributed by atoms with Gasteiger partial charge in [0.05, 0.1) is 11.6 Å². The highest BCUT2D eigenvalue weighted by Crippen LogP contribution is 2.44. The van der Waals surface area contributed by atoms with Crippen LogP contribution >= 0.6 is 7.29 Å². The average Bonchev–Trinajstić information content (AvgIpc) is 2.93. The van der Waals surface area contributed by atoms with E-state index >= 15 is 0 Å². The molecule has 0 heterocycles. The van der Waals surface area contributed by atoms with Gasteiger partial charge in [0.15, 0.2) is 0 Å². The van der Waals surface area contributed by atoms with Gasteiger partial charge in [0, 0.05) is 10.6 Å². The van der Waals surface area contributed by atoms with Gasteiger partial charge in [0.1, 0.15) is 6.61 Å². The number of carbonyl (C=O) groups is 1. The minimum absolute atomic E-state index is 0.159. The molecule has 0 fully saturated rings. The van der Waals surface area contributed by atoms with Crippen molar-refractivity contribution in [3.63, 3.8) is 0 Å². The Morgan fingerprint density at radius 2 is 1.31 bits per heavy atom. The van der Waals surface area contributed by atoms with Crippen LogP contribution in [0.5, 0.6) is 0 Å². The van der Waals surface area contributed by atoms with Crippen molar-refractivity contribution in [3.05, 3.63) is 144 Å². The lowest BCUT2D eigenvalue weighted by Gasteiger charge is -2.29. The first-order valence-electron chi connectivity index (χ1n) is 11.9. The monoisotopic (exact) mass is 495 g/mol. The zero-order chi connectivity index (χ0) is 25.4. The lowest BCUT2D eigenvalue weighted by atomic mass is 9.95. The van der Waals surface area contributed by atoms with E-state index in [9.17, 15) is 9.36 Å². The van der Waals surface area contributed by atoms with E-state index in [1.165, 1.54) is 0 Å². The van der Waals surface area contributed by atoms with E-state index in [-0.39, 0.29) is 6.61 Å². The fourth-order valence-corrected chi connectivity index (χ4v) is 6.60. The van der Waals surface area contributed by atoms with Gasteiger partial charge >= 0.3 is 5.97 Å². The molecule has 0 aliphatic carbocycles. The molecule has 1 atom stereocenters. The standard InChI is InChI=1S/C31H30NO3P/c1-3-28(31(33)35-23-25-16-7-4-8-17-25)30(29-22-14-13-15-24(29)2)32-36(34,26-18-9-5-10-19-26)27-20-11-6-12-21-27/h3-22,30H,23H2,1-2H3,(H,32,34)/b28-3-. The second-order valence-electron chi connectivity index (χ2n) is 8.50. The summed E-state index contributed by atoms with van der Waals surface area (Å²) >= 11 is 0. The van der Waals surface area contributed by atoms with E-state index in [2.05, 4.69) is 5.09 Å². The van der Waals surface area contributed by atoms with Crippen LogP contribution in [0.4, 0.5) is 0 Å². The highest BCUT2D eigenvalue weighted by Gasteiger charge is 2.34. The zero-order valence-corrected chi connectivity index (χ0v) is 21.4. The van der Waals surface area contributed by atoms with E-state index in [1.807, 2.05) is 129 Å². The number of hydrogen-bond acceptors (Lipinski definition) is 3. The second-order valence-corrected chi connectivity index (χ2v) is 11.0. The van der Waals surface area contributed by atoms with Crippen LogP contribution in [-0.4, -0.2) is 5.97 Å². The fourth-order valence-electron chi connectivity index (χ4n) is 4.18. The number of rotatable bonds is 9. The maximum Gasteiger partial charge on any atom is 0.335 e. The molecule has 4 nitrogen and oxygen atoms in total. The van der Waals surface area contributed by atoms with Crippen LogP contribution in [0.15, 0.2) is 127 Å². The summed E-state index contributed by atoms with van der Waals surface area (Å²) in [5.41, 5.74) is 3.17. The van der Waals surface area contributed by atoms with Crippen molar-refractivity contribution >= 4 is 23.9 Å². The van der Waals surface area contributed by atoms with Gasteiger partial charge in [-0.3, -0.25) is 4.57 Å². The highest BCUT2D eigenvalue weighted by molar-refractivity contribution is 7.76. The van der Waals surface area contributed by atoms with Gasteiger partial charge in [-0.05, 0) is 54.8 Å². The molecule has 0 aliphatic rings. The predicted octanol–water partition coefficient (Wildman–Crippen LogP) is 6.24. The van der Waals surface area contributed by atoms with Crippen LogP contribution in [0.1, 0.15) is 29.7 Å². The molecule has 4 aromatic carbocycles. The number of nitrogens with one attached hydrogen (secondary N) is 1. The number of carbonyl (C=O) groups excluding carboxylic acids is 1. The van der Waals surface area contributed by atoms with Crippen LogP contribution < -0.4 is 15.7 Å². The van der Waals surface area contributed by atoms with Gasteiger partial charge in [-0.15, -0.1) is 0 Å². The third-order valence-electron chi connectivity index (χ3n) is 6.12. The van der Waals surface area contributed by atoms with Gasteiger partial charge in [-0.25, -0.2) is 9.88 Å². The van der Waals surface area contributed by atoms with Crippen molar-refractivity contribution in [3.8, 4) is 0 Å². The molecule has 4 aromatic rings. The average molecular weight is 496 g/mol. The van der Waals surface area contributed by atoms with Crippen LogP contribution in [0.25, 0.3) is 0 Å². The van der Waals surface area contributed by atoms with Gasteiger partial charge in [0.2, 0.25) is 7.29 Å². The Hall–Kier alpha value is -3.72. The molecule has 1 N–H and O–H groups in total. The minimum Gasteiger partial charge on any atom is -0.457 e. The Morgan fingerprint density at radius 1 is 0.806 bits per heavy atom. The van der Waals surface area contributed by atoms with E-state index in [0.717, 1.165) is 16.7 Å². The first kappa shape index (κ1) is 25.4. The summed E-state index contributed by atoms with van der Waals surface area (Å²) in [5, 5.41) is 4.78. The van der Waals surface area contributed by atoms with Crippen molar-refractivity contribution in [2.45, 2.75) is 26.5 Å². The first-order valence-corrected chi connectivity index (χ1v) is 13.7. The molecule has 0 spiro atoms. The summed E-state index contributed by atoms with van der Waals surface area (Å²) in [5.74, 6) is -0.449. The minimum atomic E-state index is -3.35. The molecule has 0 bridgehead atoms. The van der Waals surface area contributed by atoms with E-state index in [4.69, 9.17) is 4.74 Å². The van der Waals surface area contributed by atoms with Crippen molar-refractivity contribution in [2.75, 3.05) is 0 Å². The summed E-state index contributed by atoms with van der Waals surface area (Å²) in [6, 6.07) is 35.5. The molecule has 0 amide bonds. The Morgan fingerprint density at radius 3 is 1.83 bits per heavy atom. The molecule has 182 valence electrons. The number of benzene rings is 4. The van der Waals surface area contributed by atoms with Crippen molar-refractivity contribution in [1.82, 2.24) is 5.09 Å². The number of aryl methyl sites for hydroxylation is 1. The molecule has 4 rings (SSSR count). The van der Waals surface area contributed by atoms with E-state index in [1.54, 1.807) is 6.08 Å². The SMILES string of the molecule is C/C=C(\C(=O)OCc1ccccc1)C(NP(=O)(c1ccccc1)c1ccccc1)c1ccccc1C. The summed E-state index contributed by atoms with van der Waals surface area (Å²) in [6.07, 6.45) is 1.75. The maximum atomic E-state index is 14.8. The van der Waals surface area contributed by atoms with Crippen molar-refractivity contribution < 1.29 is 14.1 Å². The number of ether oxygens (including phenoxy) is 1. The third kappa shape index (κ3) is 5.73. The number of hydrogen-bond donors (Lipinski definition) is 1. The van der Waals surface area contributed by atoms with Crippen LogP contribution in [-0.2, 0) is 20.7 Å². The Bertz CT molecular complexity index is 1330. The molecule has 0 aliphatic heterocycles. The normalized spacial score (nSPS) is 12.7. The maximum absolute atomic E-state index is 14.8. The van der Waals surface area contributed by atoms with Crippen molar-refractivity contribution in [1.29, 1.82) is 0 Å². The number of allylic oxidation sites excluding steroid dienone is 1. The second kappa shape index (κ2) is 11.8. The molecule has 36 heavy (non-hydrogen) atoms. The molecule has 0 radical (unpaired) electrons. The highest BCUT2D eigenvalue weighted by atomic mass is 31.2. The Labute approximate surface area is 213 Å². The topological polar surface area (TPSA) is 55.4 Å². The fraction of sp³-hybridized carbons (Fsp3) is 0.129. The Balaban J connectivity index is 1.76. The quantitative estimate of drug-likeness (QED) is 0.170.